The van der Waals surface area contributed by atoms with Crippen LogP contribution in [-0.2, 0) is 14.3 Å². The lowest BCUT2D eigenvalue weighted by molar-refractivity contribution is -0.131. The Morgan fingerprint density at radius 2 is 1.79 bits per heavy atom. The molecule has 2 rings (SSSR count). The van der Waals surface area contributed by atoms with Gasteiger partial charge in [-0.3, -0.25) is 5.32 Å². The molecule has 7 nitrogen and oxygen atoms in total. The van der Waals surface area contributed by atoms with Gasteiger partial charge in [0.15, 0.2) is 6.10 Å². The third-order valence-electron chi connectivity index (χ3n) is 4.07. The Bertz CT molecular complexity index is 804. The van der Waals surface area contributed by atoms with Gasteiger partial charge >= 0.3 is 12.1 Å². The Kier molecular flexibility index (Phi) is 8.72. The minimum absolute atomic E-state index is 0.0959. The highest BCUT2D eigenvalue weighted by molar-refractivity contribution is 5.84. The number of ether oxygens (including phenoxy) is 2. The molecule has 0 heterocycles. The molecule has 0 bridgehead atoms. The molecule has 0 saturated heterocycles. The molecule has 7 heteroatoms. The number of phenols is 1. The lowest BCUT2D eigenvalue weighted by Crippen LogP contribution is -2.29. The van der Waals surface area contributed by atoms with Crippen molar-refractivity contribution in [2.75, 3.05) is 11.9 Å². The predicted molar refractivity (Wildman–Crippen MR) is 109 cm³/mol. The van der Waals surface area contributed by atoms with E-state index in [1.807, 2.05) is 13.0 Å². The van der Waals surface area contributed by atoms with E-state index in [0.29, 0.717) is 30.7 Å². The highest BCUT2D eigenvalue weighted by Gasteiger charge is 2.27. The number of carboxylic acid groups (broad SMARTS) is 1. The lowest BCUT2D eigenvalue weighted by Gasteiger charge is -2.27. The van der Waals surface area contributed by atoms with Gasteiger partial charge in [0, 0.05) is 18.4 Å². The standard InChI is InChI=1S/C22H25NO6/c1-2-28-19(10-6-7-11-20(25)26)21(16-12-14-18(24)15-13-16)29-22(27)23-17-8-4-3-5-9-17/h3-5,7-9,11-15,19,21,24H,2,6,10H2,1H3,(H,23,27)(H,25,26)/b11-7+/t19-,21-/m0/s1. The maximum Gasteiger partial charge on any atom is 0.412 e. The van der Waals surface area contributed by atoms with E-state index in [9.17, 15) is 14.7 Å². The van der Waals surface area contributed by atoms with Crippen LogP contribution in [-0.4, -0.2) is 35.0 Å². The van der Waals surface area contributed by atoms with Crippen LogP contribution in [0.3, 0.4) is 0 Å². The molecule has 0 fully saturated rings. The first-order valence-corrected chi connectivity index (χ1v) is 9.32. The molecule has 2 aromatic carbocycles. The van der Waals surface area contributed by atoms with Crippen molar-refractivity contribution in [3.8, 4) is 5.75 Å². The number of phenolic OH excluding ortho intramolecular Hbond substituents is 1. The second-order valence-corrected chi connectivity index (χ2v) is 6.22. The number of benzene rings is 2. The Morgan fingerprint density at radius 1 is 1.10 bits per heavy atom. The monoisotopic (exact) mass is 399 g/mol. The van der Waals surface area contributed by atoms with Crippen LogP contribution in [0.2, 0.25) is 0 Å². The zero-order chi connectivity index (χ0) is 21.1. The summed E-state index contributed by atoms with van der Waals surface area (Å²) in [5.41, 5.74) is 1.26. The van der Waals surface area contributed by atoms with E-state index in [-0.39, 0.29) is 5.75 Å². The van der Waals surface area contributed by atoms with Crippen LogP contribution in [0, 0.1) is 0 Å². The molecule has 0 unspecified atom stereocenters. The molecule has 0 aliphatic rings. The molecular weight excluding hydrogens is 374 g/mol. The van der Waals surface area contributed by atoms with Crippen molar-refractivity contribution >= 4 is 17.7 Å². The molecule has 2 atom stereocenters. The molecule has 0 radical (unpaired) electrons. The van der Waals surface area contributed by atoms with Crippen molar-refractivity contribution in [2.45, 2.75) is 32.0 Å². The molecule has 0 spiro atoms. The zero-order valence-electron chi connectivity index (χ0n) is 16.2. The van der Waals surface area contributed by atoms with Crippen LogP contribution in [0.4, 0.5) is 10.5 Å². The number of carbonyl (C=O) groups is 2. The van der Waals surface area contributed by atoms with Gasteiger partial charge in [-0.25, -0.2) is 9.59 Å². The molecule has 2 aromatic rings. The molecular formula is C22H25NO6. The summed E-state index contributed by atoms with van der Waals surface area (Å²) >= 11 is 0. The maximum atomic E-state index is 12.5. The molecule has 0 aromatic heterocycles. The van der Waals surface area contributed by atoms with Crippen LogP contribution in [0.15, 0.2) is 66.7 Å². The van der Waals surface area contributed by atoms with Crippen LogP contribution in [0.1, 0.15) is 31.4 Å². The number of carbonyl (C=O) groups excluding carboxylic acids is 1. The predicted octanol–water partition coefficient (Wildman–Crippen LogP) is 4.51. The number of nitrogens with one attached hydrogen (secondary N) is 1. The average Bonchev–Trinajstić information content (AvgIpc) is 2.70. The van der Waals surface area contributed by atoms with Gasteiger partial charge < -0.3 is 19.7 Å². The van der Waals surface area contributed by atoms with Crippen molar-refractivity contribution in [2.24, 2.45) is 0 Å². The summed E-state index contributed by atoms with van der Waals surface area (Å²) < 4.78 is 11.5. The third kappa shape index (κ3) is 7.67. The van der Waals surface area contributed by atoms with Crippen LogP contribution < -0.4 is 5.32 Å². The highest BCUT2D eigenvalue weighted by atomic mass is 16.6. The molecule has 29 heavy (non-hydrogen) atoms. The van der Waals surface area contributed by atoms with E-state index in [0.717, 1.165) is 6.08 Å². The second kappa shape index (κ2) is 11.5. The van der Waals surface area contributed by atoms with Crippen LogP contribution >= 0.6 is 0 Å². The molecule has 3 N–H and O–H groups in total. The number of para-hydroxylation sites is 1. The van der Waals surface area contributed by atoms with Crippen LogP contribution in [0.25, 0.3) is 0 Å². The minimum atomic E-state index is -1.02. The van der Waals surface area contributed by atoms with E-state index in [1.54, 1.807) is 36.4 Å². The summed E-state index contributed by atoms with van der Waals surface area (Å²) in [6.07, 6.45) is 1.62. The average molecular weight is 399 g/mol. The van der Waals surface area contributed by atoms with Crippen molar-refractivity contribution in [3.05, 3.63) is 72.3 Å². The number of allylic oxidation sites excluding steroid dienone is 1. The number of amides is 1. The van der Waals surface area contributed by atoms with Crippen molar-refractivity contribution in [1.82, 2.24) is 0 Å². The van der Waals surface area contributed by atoms with Gasteiger partial charge in [0.05, 0.1) is 6.10 Å². The number of carboxylic acids is 1. The van der Waals surface area contributed by atoms with Crippen LogP contribution in [0.5, 0.6) is 5.75 Å². The molecule has 0 aliphatic heterocycles. The number of rotatable bonds is 10. The first kappa shape index (κ1) is 22.0. The van der Waals surface area contributed by atoms with Crippen molar-refractivity contribution in [3.63, 3.8) is 0 Å². The summed E-state index contributed by atoms with van der Waals surface area (Å²) in [6, 6.07) is 15.3. The van der Waals surface area contributed by atoms with Gasteiger partial charge in [-0.05, 0) is 49.6 Å². The molecule has 154 valence electrons. The summed E-state index contributed by atoms with van der Waals surface area (Å²) in [5.74, 6) is -0.926. The number of hydrogen-bond acceptors (Lipinski definition) is 5. The van der Waals surface area contributed by atoms with Crippen molar-refractivity contribution in [1.29, 1.82) is 0 Å². The fraction of sp³-hybridized carbons (Fsp3) is 0.273. The Morgan fingerprint density at radius 3 is 2.41 bits per heavy atom. The topological polar surface area (TPSA) is 105 Å². The highest BCUT2D eigenvalue weighted by Crippen LogP contribution is 2.29. The summed E-state index contributed by atoms with van der Waals surface area (Å²) in [6.45, 7) is 2.23. The SMILES string of the molecule is CCO[C@@H](CC/C=C/C(=O)O)[C@@H](OC(=O)Nc1ccccc1)c1ccc(O)cc1. The van der Waals surface area contributed by atoms with Gasteiger partial charge in [-0.1, -0.05) is 36.4 Å². The van der Waals surface area contributed by atoms with Gasteiger partial charge in [-0.15, -0.1) is 0 Å². The fourth-order valence-corrected chi connectivity index (χ4v) is 2.79. The summed E-state index contributed by atoms with van der Waals surface area (Å²) in [4.78, 5) is 23.1. The van der Waals surface area contributed by atoms with E-state index in [4.69, 9.17) is 14.6 Å². The molecule has 0 saturated carbocycles. The smallest absolute Gasteiger partial charge is 0.412 e. The first-order valence-electron chi connectivity index (χ1n) is 9.32. The van der Waals surface area contributed by atoms with Gasteiger partial charge in [0.2, 0.25) is 0 Å². The van der Waals surface area contributed by atoms with Gasteiger partial charge in [0.25, 0.3) is 0 Å². The molecule has 1 amide bonds. The molecule has 0 aliphatic carbocycles. The third-order valence-corrected chi connectivity index (χ3v) is 4.07. The second-order valence-electron chi connectivity index (χ2n) is 6.22. The Hall–Kier alpha value is -3.32. The Balaban J connectivity index is 2.18. The summed E-state index contributed by atoms with van der Waals surface area (Å²) in [7, 11) is 0. The van der Waals surface area contributed by atoms with E-state index >= 15 is 0 Å². The van der Waals surface area contributed by atoms with E-state index in [2.05, 4.69) is 5.32 Å². The van der Waals surface area contributed by atoms with Crippen molar-refractivity contribution < 1.29 is 29.3 Å². The summed E-state index contributed by atoms with van der Waals surface area (Å²) in [5, 5.41) is 21.0. The van der Waals surface area contributed by atoms with E-state index < -0.39 is 24.3 Å². The maximum absolute atomic E-state index is 12.5. The van der Waals surface area contributed by atoms with Gasteiger partial charge in [0.1, 0.15) is 5.75 Å². The minimum Gasteiger partial charge on any atom is -0.508 e. The number of aliphatic carboxylic acids is 1. The lowest BCUT2D eigenvalue weighted by atomic mass is 10.00. The van der Waals surface area contributed by atoms with Gasteiger partial charge in [-0.2, -0.15) is 0 Å². The normalized spacial score (nSPS) is 13.0. The van der Waals surface area contributed by atoms with E-state index in [1.165, 1.54) is 18.2 Å². The largest absolute Gasteiger partial charge is 0.508 e. The Labute approximate surface area is 169 Å². The fourth-order valence-electron chi connectivity index (χ4n) is 2.79. The zero-order valence-corrected chi connectivity index (χ0v) is 16.2. The number of hydrogen-bond donors (Lipinski definition) is 3. The number of anilines is 1. The first-order chi connectivity index (χ1) is 14.0. The number of aromatic hydroxyl groups is 1. The quantitative estimate of drug-likeness (QED) is 0.508.